The Balaban J connectivity index is 2.16. The van der Waals surface area contributed by atoms with Crippen LogP contribution in [0.15, 0.2) is 48.5 Å². The second-order valence-corrected chi connectivity index (χ2v) is 4.75. The van der Waals surface area contributed by atoms with Crippen LogP contribution in [0.3, 0.4) is 0 Å². The Hall–Kier alpha value is -2.07. The summed E-state index contributed by atoms with van der Waals surface area (Å²) >= 11 is 5.92. The Morgan fingerprint density at radius 3 is 2.62 bits per heavy atom. The van der Waals surface area contributed by atoms with E-state index in [1.54, 1.807) is 0 Å². The quantitative estimate of drug-likeness (QED) is 0.858. The predicted octanol–water partition coefficient (Wildman–Crippen LogP) is 3.54. The normalized spacial score (nSPS) is 11.8. The molecule has 0 heterocycles. The van der Waals surface area contributed by atoms with Gasteiger partial charge in [0.25, 0.3) is 5.91 Å². The molecule has 0 radical (unpaired) electrons. The first kappa shape index (κ1) is 15.3. The Morgan fingerprint density at radius 2 is 2.00 bits per heavy atom. The molecule has 110 valence electrons. The lowest BCUT2D eigenvalue weighted by Gasteiger charge is -2.16. The summed E-state index contributed by atoms with van der Waals surface area (Å²) in [7, 11) is 1.35. The van der Waals surface area contributed by atoms with Gasteiger partial charge in [-0.3, -0.25) is 4.79 Å². The van der Waals surface area contributed by atoms with Crippen molar-refractivity contribution in [2.45, 2.75) is 6.04 Å². The third-order valence-corrected chi connectivity index (χ3v) is 3.38. The van der Waals surface area contributed by atoms with E-state index < -0.39 is 5.82 Å². The zero-order chi connectivity index (χ0) is 15.2. The molecule has 0 bridgehead atoms. The van der Waals surface area contributed by atoms with E-state index >= 15 is 0 Å². The molecule has 1 atom stereocenters. The van der Waals surface area contributed by atoms with Gasteiger partial charge in [-0.1, -0.05) is 30.3 Å². The van der Waals surface area contributed by atoms with Crippen LogP contribution in [-0.4, -0.2) is 18.9 Å². The second kappa shape index (κ2) is 7.09. The molecule has 0 fully saturated rings. The lowest BCUT2D eigenvalue weighted by molar-refractivity contribution is 0.0940. The van der Waals surface area contributed by atoms with Crippen LogP contribution in [0.4, 0.5) is 4.39 Å². The number of alkyl halides is 1. The van der Waals surface area contributed by atoms with Crippen molar-refractivity contribution in [2.75, 3.05) is 13.0 Å². The molecule has 1 amide bonds. The molecule has 0 aromatic heterocycles. The summed E-state index contributed by atoms with van der Waals surface area (Å²) in [5, 5.41) is 2.82. The summed E-state index contributed by atoms with van der Waals surface area (Å²) in [6, 6.07) is 13.1. The van der Waals surface area contributed by atoms with E-state index in [1.807, 2.05) is 30.3 Å². The average molecular weight is 308 g/mol. The molecule has 0 aliphatic rings. The minimum absolute atomic E-state index is 0.0322. The number of hydrogen-bond donors (Lipinski definition) is 1. The molecule has 21 heavy (non-hydrogen) atoms. The van der Waals surface area contributed by atoms with Gasteiger partial charge in [0, 0.05) is 11.4 Å². The number of benzene rings is 2. The molecule has 3 nitrogen and oxygen atoms in total. The topological polar surface area (TPSA) is 38.3 Å². The number of hydrogen-bond acceptors (Lipinski definition) is 2. The van der Waals surface area contributed by atoms with Gasteiger partial charge in [-0.15, -0.1) is 11.6 Å². The minimum Gasteiger partial charge on any atom is -0.494 e. The third kappa shape index (κ3) is 3.73. The number of carbonyl (C=O) groups excluding carboxylic acids is 1. The highest BCUT2D eigenvalue weighted by molar-refractivity contribution is 6.18. The van der Waals surface area contributed by atoms with Crippen LogP contribution in [0.1, 0.15) is 22.0 Å². The summed E-state index contributed by atoms with van der Waals surface area (Å²) in [5.41, 5.74) is 1.23. The van der Waals surface area contributed by atoms with Crippen molar-refractivity contribution in [2.24, 2.45) is 0 Å². The first-order valence-corrected chi connectivity index (χ1v) is 6.94. The van der Waals surface area contributed by atoms with Crippen LogP contribution >= 0.6 is 11.6 Å². The largest absolute Gasteiger partial charge is 0.494 e. The van der Waals surface area contributed by atoms with Crippen LogP contribution in [0, 0.1) is 5.82 Å². The second-order valence-electron chi connectivity index (χ2n) is 4.44. The SMILES string of the molecule is COc1cc(C(=O)NC(CCl)c2ccccc2)ccc1F. The number of ether oxygens (including phenoxy) is 1. The Morgan fingerprint density at radius 1 is 1.29 bits per heavy atom. The fraction of sp³-hybridized carbons (Fsp3) is 0.188. The molecule has 1 unspecified atom stereocenters. The molecule has 1 N–H and O–H groups in total. The van der Waals surface area contributed by atoms with E-state index in [4.69, 9.17) is 16.3 Å². The van der Waals surface area contributed by atoms with E-state index in [9.17, 15) is 9.18 Å². The molecule has 0 aliphatic carbocycles. The summed E-state index contributed by atoms with van der Waals surface area (Å²) in [4.78, 5) is 12.2. The molecule has 0 saturated heterocycles. The maximum Gasteiger partial charge on any atom is 0.251 e. The maximum atomic E-state index is 13.3. The molecule has 0 saturated carbocycles. The van der Waals surface area contributed by atoms with Crippen molar-refractivity contribution in [3.8, 4) is 5.75 Å². The van der Waals surface area contributed by atoms with Gasteiger partial charge in [-0.25, -0.2) is 4.39 Å². The number of rotatable bonds is 5. The van der Waals surface area contributed by atoms with Gasteiger partial charge in [-0.05, 0) is 23.8 Å². The molecule has 5 heteroatoms. The lowest BCUT2D eigenvalue weighted by atomic mass is 10.1. The van der Waals surface area contributed by atoms with E-state index in [0.717, 1.165) is 5.56 Å². The number of carbonyl (C=O) groups is 1. The first-order valence-electron chi connectivity index (χ1n) is 6.41. The van der Waals surface area contributed by atoms with Gasteiger partial charge in [0.2, 0.25) is 0 Å². The summed E-state index contributed by atoms with van der Waals surface area (Å²) in [6.07, 6.45) is 0. The van der Waals surface area contributed by atoms with E-state index in [0.29, 0.717) is 5.56 Å². The maximum absolute atomic E-state index is 13.3. The minimum atomic E-state index is -0.508. The van der Waals surface area contributed by atoms with E-state index in [1.165, 1.54) is 25.3 Å². The summed E-state index contributed by atoms with van der Waals surface area (Å²) in [5.74, 6) is -0.563. The molecule has 0 spiro atoms. The molecule has 2 aromatic carbocycles. The highest BCUT2D eigenvalue weighted by Crippen LogP contribution is 2.20. The predicted molar refractivity (Wildman–Crippen MR) is 80.3 cm³/mol. The van der Waals surface area contributed by atoms with Gasteiger partial charge in [-0.2, -0.15) is 0 Å². The van der Waals surface area contributed by atoms with Crippen LogP contribution in [0.5, 0.6) is 5.75 Å². The van der Waals surface area contributed by atoms with Crippen LogP contribution in [-0.2, 0) is 0 Å². The standard InChI is InChI=1S/C16H15ClFNO2/c1-21-15-9-12(7-8-13(15)18)16(20)19-14(10-17)11-5-3-2-4-6-11/h2-9,14H,10H2,1H3,(H,19,20). The number of methoxy groups -OCH3 is 1. The van der Waals surface area contributed by atoms with E-state index in [2.05, 4.69) is 5.32 Å². The summed E-state index contributed by atoms with van der Waals surface area (Å²) in [6.45, 7) is 0. The fourth-order valence-corrected chi connectivity index (χ4v) is 2.19. The van der Waals surface area contributed by atoms with Crippen molar-refractivity contribution in [3.63, 3.8) is 0 Å². The zero-order valence-electron chi connectivity index (χ0n) is 11.5. The van der Waals surface area contributed by atoms with Crippen molar-refractivity contribution in [1.29, 1.82) is 0 Å². The van der Waals surface area contributed by atoms with Gasteiger partial charge in [0.1, 0.15) is 0 Å². The van der Waals surface area contributed by atoms with Crippen molar-refractivity contribution in [1.82, 2.24) is 5.32 Å². The van der Waals surface area contributed by atoms with Crippen LogP contribution in [0.2, 0.25) is 0 Å². The average Bonchev–Trinajstić information content (AvgIpc) is 2.53. The molecular formula is C16H15ClFNO2. The summed E-state index contributed by atoms with van der Waals surface area (Å²) < 4.78 is 18.2. The molecule has 2 rings (SSSR count). The van der Waals surface area contributed by atoms with Crippen molar-refractivity contribution < 1.29 is 13.9 Å². The molecular weight excluding hydrogens is 293 g/mol. The van der Waals surface area contributed by atoms with Crippen molar-refractivity contribution >= 4 is 17.5 Å². The first-order chi connectivity index (χ1) is 10.2. The van der Waals surface area contributed by atoms with Gasteiger partial charge >= 0.3 is 0 Å². The number of nitrogens with one attached hydrogen (secondary N) is 1. The molecule has 2 aromatic rings. The fourth-order valence-electron chi connectivity index (χ4n) is 1.94. The van der Waals surface area contributed by atoms with Gasteiger partial charge in [0.15, 0.2) is 11.6 Å². The highest BCUT2D eigenvalue weighted by Gasteiger charge is 2.16. The van der Waals surface area contributed by atoms with Crippen molar-refractivity contribution in [3.05, 3.63) is 65.5 Å². The number of amides is 1. The Bertz CT molecular complexity index is 619. The Labute approximate surface area is 127 Å². The zero-order valence-corrected chi connectivity index (χ0v) is 12.2. The highest BCUT2D eigenvalue weighted by atomic mass is 35.5. The van der Waals surface area contributed by atoms with Crippen LogP contribution < -0.4 is 10.1 Å². The third-order valence-electron chi connectivity index (χ3n) is 3.07. The number of halogens is 2. The lowest BCUT2D eigenvalue weighted by Crippen LogP contribution is -2.29. The molecule has 0 aliphatic heterocycles. The van der Waals surface area contributed by atoms with E-state index in [-0.39, 0.29) is 23.6 Å². The van der Waals surface area contributed by atoms with Crippen LogP contribution in [0.25, 0.3) is 0 Å². The van der Waals surface area contributed by atoms with Gasteiger partial charge < -0.3 is 10.1 Å². The monoisotopic (exact) mass is 307 g/mol. The Kier molecular flexibility index (Phi) is 5.17. The van der Waals surface area contributed by atoms with Gasteiger partial charge in [0.05, 0.1) is 13.2 Å². The smallest absolute Gasteiger partial charge is 0.251 e.